The Kier molecular flexibility index (Phi) is 3.95. The third-order valence-electron chi connectivity index (χ3n) is 3.29. The number of hydrogen-bond acceptors (Lipinski definition) is 2. The molecule has 0 spiro atoms. The molecule has 0 atom stereocenters. The lowest BCUT2D eigenvalue weighted by molar-refractivity contribution is 0.0925. The maximum Gasteiger partial charge on any atom is 0.176 e. The topological polar surface area (TPSA) is 20.3 Å². The van der Waals surface area contributed by atoms with Gasteiger partial charge in [0.05, 0.1) is 6.54 Å². The molecule has 0 radical (unpaired) electrons. The summed E-state index contributed by atoms with van der Waals surface area (Å²) in [6.45, 7) is 5.84. The highest BCUT2D eigenvalue weighted by atomic mass is 16.1. The highest BCUT2D eigenvalue weighted by Gasteiger charge is 2.29. The lowest BCUT2D eigenvalue weighted by Gasteiger charge is -2.20. The number of rotatable bonds is 6. The molecule has 0 amide bonds. The van der Waals surface area contributed by atoms with Gasteiger partial charge in [0.1, 0.15) is 0 Å². The molecule has 2 nitrogen and oxygen atoms in total. The Hall–Kier alpha value is -1.15. The average Bonchev–Trinajstić information content (AvgIpc) is 3.13. The Morgan fingerprint density at radius 1 is 1.29 bits per heavy atom. The first-order chi connectivity index (χ1) is 8.20. The van der Waals surface area contributed by atoms with Crippen molar-refractivity contribution in [2.75, 3.05) is 13.1 Å². The zero-order valence-corrected chi connectivity index (χ0v) is 10.8. The summed E-state index contributed by atoms with van der Waals surface area (Å²) in [4.78, 5) is 14.5. The molecule has 17 heavy (non-hydrogen) atoms. The van der Waals surface area contributed by atoms with Gasteiger partial charge in [-0.1, -0.05) is 36.8 Å². The largest absolute Gasteiger partial charge is 0.293 e. The third kappa shape index (κ3) is 3.40. The van der Waals surface area contributed by atoms with E-state index >= 15 is 0 Å². The molecule has 0 bridgehead atoms. The second-order valence-electron chi connectivity index (χ2n) is 4.99. The van der Waals surface area contributed by atoms with Crippen molar-refractivity contribution in [3.8, 4) is 0 Å². The minimum absolute atomic E-state index is 0.255. The molecule has 1 aromatic rings. The second-order valence-corrected chi connectivity index (χ2v) is 4.99. The van der Waals surface area contributed by atoms with E-state index in [1.807, 2.05) is 31.2 Å². The Morgan fingerprint density at radius 3 is 2.47 bits per heavy atom. The smallest absolute Gasteiger partial charge is 0.176 e. The molecule has 2 rings (SSSR count). The molecule has 0 saturated heterocycles. The van der Waals surface area contributed by atoms with Gasteiger partial charge < -0.3 is 0 Å². The van der Waals surface area contributed by atoms with Crippen molar-refractivity contribution in [2.24, 2.45) is 0 Å². The fourth-order valence-corrected chi connectivity index (χ4v) is 2.13. The van der Waals surface area contributed by atoms with E-state index in [0.29, 0.717) is 12.6 Å². The lowest BCUT2D eigenvalue weighted by atomic mass is 10.1. The minimum atomic E-state index is 0.255. The van der Waals surface area contributed by atoms with E-state index in [1.54, 1.807) is 0 Å². The van der Waals surface area contributed by atoms with Crippen LogP contribution in [0.2, 0.25) is 0 Å². The maximum absolute atomic E-state index is 12.1. The first-order valence-corrected chi connectivity index (χ1v) is 6.54. The molecule has 92 valence electrons. The summed E-state index contributed by atoms with van der Waals surface area (Å²) < 4.78 is 0. The molecule has 2 heteroatoms. The van der Waals surface area contributed by atoms with Gasteiger partial charge >= 0.3 is 0 Å². The molecule has 0 aliphatic heterocycles. The third-order valence-corrected chi connectivity index (χ3v) is 3.29. The molecule has 1 fully saturated rings. The fourth-order valence-electron chi connectivity index (χ4n) is 2.13. The van der Waals surface area contributed by atoms with Gasteiger partial charge in [0.15, 0.2) is 5.78 Å². The summed E-state index contributed by atoms with van der Waals surface area (Å²) in [5.41, 5.74) is 2.05. The fraction of sp³-hybridized carbons (Fsp3) is 0.533. The molecule has 0 N–H and O–H groups in total. The Bertz CT molecular complexity index is 378. The van der Waals surface area contributed by atoms with Gasteiger partial charge in [0.25, 0.3) is 0 Å². The van der Waals surface area contributed by atoms with Gasteiger partial charge in [0.2, 0.25) is 0 Å². The molecule has 1 aliphatic carbocycles. The van der Waals surface area contributed by atoms with Crippen LogP contribution in [0.5, 0.6) is 0 Å². The predicted molar refractivity (Wildman–Crippen MR) is 70.4 cm³/mol. The van der Waals surface area contributed by atoms with Gasteiger partial charge in [-0.3, -0.25) is 9.69 Å². The van der Waals surface area contributed by atoms with Gasteiger partial charge in [0, 0.05) is 11.6 Å². The normalized spacial score (nSPS) is 15.2. The number of benzene rings is 1. The van der Waals surface area contributed by atoms with E-state index in [-0.39, 0.29) is 5.78 Å². The van der Waals surface area contributed by atoms with Crippen molar-refractivity contribution in [1.82, 2.24) is 4.90 Å². The van der Waals surface area contributed by atoms with Crippen molar-refractivity contribution in [3.63, 3.8) is 0 Å². The lowest BCUT2D eigenvalue weighted by Crippen LogP contribution is -2.32. The van der Waals surface area contributed by atoms with E-state index in [0.717, 1.165) is 18.5 Å². The molecule has 1 aliphatic rings. The number of aryl methyl sites for hydroxylation is 1. The van der Waals surface area contributed by atoms with Crippen molar-refractivity contribution in [1.29, 1.82) is 0 Å². The number of hydrogen-bond donors (Lipinski definition) is 0. The first-order valence-electron chi connectivity index (χ1n) is 6.54. The van der Waals surface area contributed by atoms with E-state index in [1.165, 1.54) is 18.4 Å². The van der Waals surface area contributed by atoms with E-state index in [2.05, 4.69) is 11.8 Å². The van der Waals surface area contributed by atoms with E-state index in [9.17, 15) is 4.79 Å². The van der Waals surface area contributed by atoms with Crippen LogP contribution in [-0.2, 0) is 0 Å². The summed E-state index contributed by atoms with van der Waals surface area (Å²) in [6.07, 6.45) is 3.65. The van der Waals surface area contributed by atoms with Gasteiger partial charge in [-0.05, 0) is 32.7 Å². The van der Waals surface area contributed by atoms with Gasteiger partial charge in [-0.25, -0.2) is 0 Å². The van der Waals surface area contributed by atoms with Gasteiger partial charge in [-0.15, -0.1) is 0 Å². The highest BCUT2D eigenvalue weighted by Crippen LogP contribution is 2.27. The summed E-state index contributed by atoms with van der Waals surface area (Å²) in [6, 6.07) is 8.57. The van der Waals surface area contributed by atoms with E-state index < -0.39 is 0 Å². The Morgan fingerprint density at radius 2 is 1.94 bits per heavy atom. The van der Waals surface area contributed by atoms with Gasteiger partial charge in [-0.2, -0.15) is 0 Å². The standard InChI is InChI=1S/C15H21NO/c1-3-10-16(14-8-9-14)11-15(17)13-6-4-12(2)5-7-13/h4-7,14H,3,8-11H2,1-2H3. The van der Waals surface area contributed by atoms with Crippen LogP contribution >= 0.6 is 0 Å². The number of carbonyl (C=O) groups is 1. The van der Waals surface area contributed by atoms with Crippen LogP contribution in [0.15, 0.2) is 24.3 Å². The summed E-state index contributed by atoms with van der Waals surface area (Å²) in [7, 11) is 0. The van der Waals surface area contributed by atoms with Crippen molar-refractivity contribution in [2.45, 2.75) is 39.2 Å². The van der Waals surface area contributed by atoms with Crippen LogP contribution in [0, 0.1) is 6.92 Å². The van der Waals surface area contributed by atoms with Crippen molar-refractivity contribution < 1.29 is 4.79 Å². The molecular weight excluding hydrogens is 210 g/mol. The molecule has 0 heterocycles. The van der Waals surface area contributed by atoms with Crippen LogP contribution in [-0.4, -0.2) is 29.8 Å². The number of nitrogens with zero attached hydrogens (tertiary/aromatic N) is 1. The van der Waals surface area contributed by atoms with Crippen LogP contribution < -0.4 is 0 Å². The van der Waals surface area contributed by atoms with Crippen molar-refractivity contribution >= 4 is 5.78 Å². The average molecular weight is 231 g/mol. The second kappa shape index (κ2) is 5.46. The highest BCUT2D eigenvalue weighted by molar-refractivity contribution is 5.97. The van der Waals surface area contributed by atoms with Crippen molar-refractivity contribution in [3.05, 3.63) is 35.4 Å². The summed E-state index contributed by atoms with van der Waals surface area (Å²) >= 11 is 0. The maximum atomic E-state index is 12.1. The monoisotopic (exact) mass is 231 g/mol. The quantitative estimate of drug-likeness (QED) is 0.701. The van der Waals surface area contributed by atoms with E-state index in [4.69, 9.17) is 0 Å². The molecular formula is C15H21NO. The van der Waals surface area contributed by atoms with Crippen LogP contribution in [0.4, 0.5) is 0 Å². The molecule has 0 unspecified atom stereocenters. The zero-order chi connectivity index (χ0) is 12.3. The van der Waals surface area contributed by atoms with Crippen LogP contribution in [0.25, 0.3) is 0 Å². The minimum Gasteiger partial charge on any atom is -0.293 e. The first kappa shape index (κ1) is 12.3. The summed E-state index contributed by atoms with van der Waals surface area (Å²) in [5, 5.41) is 0. The number of Topliss-reactive ketones (excluding diaryl/α,β-unsaturated/α-hetero) is 1. The molecule has 1 aromatic carbocycles. The SMILES string of the molecule is CCCN(CC(=O)c1ccc(C)cc1)C1CC1. The number of carbonyl (C=O) groups excluding carboxylic acids is 1. The molecule has 0 aromatic heterocycles. The number of ketones is 1. The summed E-state index contributed by atoms with van der Waals surface area (Å²) in [5.74, 6) is 0.255. The van der Waals surface area contributed by atoms with Crippen LogP contribution in [0.1, 0.15) is 42.1 Å². The Balaban J connectivity index is 1.97. The zero-order valence-electron chi connectivity index (χ0n) is 10.8. The predicted octanol–water partition coefficient (Wildman–Crippen LogP) is 3.05. The Labute approximate surface area is 104 Å². The van der Waals surface area contributed by atoms with Crippen LogP contribution in [0.3, 0.4) is 0 Å². The molecule has 1 saturated carbocycles.